The maximum atomic E-state index is 13.2. The van der Waals surface area contributed by atoms with Gasteiger partial charge in [-0.3, -0.25) is 14.9 Å². The van der Waals surface area contributed by atoms with Gasteiger partial charge in [-0.15, -0.1) is 0 Å². The van der Waals surface area contributed by atoms with E-state index in [1.54, 1.807) is 0 Å². The largest absolute Gasteiger partial charge is 0.454 e. The van der Waals surface area contributed by atoms with E-state index in [0.717, 1.165) is 12.1 Å². The van der Waals surface area contributed by atoms with Crippen LogP contribution in [0.3, 0.4) is 0 Å². The third-order valence-electron chi connectivity index (χ3n) is 4.04. The smallest absolute Gasteiger partial charge is 0.418 e. The normalized spacial score (nSPS) is 13.5. The number of nitro benzene ring substituents is 1. The fourth-order valence-electron chi connectivity index (χ4n) is 2.53. The molecule has 0 aliphatic carbocycles. The summed E-state index contributed by atoms with van der Waals surface area (Å²) >= 11 is 0. The zero-order valence-electron chi connectivity index (χ0n) is 15.2. The first-order valence-electron chi connectivity index (χ1n) is 8.33. The number of halogens is 3. The van der Waals surface area contributed by atoms with E-state index in [9.17, 15) is 32.9 Å². The van der Waals surface area contributed by atoms with Crippen molar-refractivity contribution < 1.29 is 41.9 Å². The molecule has 1 atom stereocenters. The lowest BCUT2D eigenvalue weighted by molar-refractivity contribution is -0.385. The number of carbonyl (C=O) groups is 2. The summed E-state index contributed by atoms with van der Waals surface area (Å²) in [5, 5.41) is 12.7. The lowest BCUT2D eigenvalue weighted by Crippen LogP contribution is -2.30. The van der Waals surface area contributed by atoms with Crippen molar-refractivity contribution in [2.75, 3.05) is 12.1 Å². The number of fused-ring (bicyclic) bond motifs is 1. The number of alkyl halides is 3. The van der Waals surface area contributed by atoms with Gasteiger partial charge in [0.1, 0.15) is 0 Å². The van der Waals surface area contributed by atoms with E-state index >= 15 is 0 Å². The van der Waals surface area contributed by atoms with E-state index in [1.165, 1.54) is 25.1 Å². The van der Waals surface area contributed by atoms with Gasteiger partial charge in [0, 0.05) is 12.1 Å². The number of benzene rings is 2. The van der Waals surface area contributed by atoms with Crippen LogP contribution in [-0.2, 0) is 15.7 Å². The average Bonchev–Trinajstić information content (AvgIpc) is 3.14. The molecule has 2 aromatic carbocycles. The Balaban J connectivity index is 1.72. The summed E-state index contributed by atoms with van der Waals surface area (Å²) < 4.78 is 54.8. The van der Waals surface area contributed by atoms with Gasteiger partial charge in [0.15, 0.2) is 17.6 Å². The summed E-state index contributed by atoms with van der Waals surface area (Å²) in [6.07, 6.45) is -6.42. The molecule has 3 rings (SSSR count). The summed E-state index contributed by atoms with van der Waals surface area (Å²) in [7, 11) is 0. The van der Waals surface area contributed by atoms with Crippen molar-refractivity contribution in [1.82, 2.24) is 0 Å². The van der Waals surface area contributed by atoms with Crippen molar-refractivity contribution in [3.8, 4) is 11.5 Å². The van der Waals surface area contributed by atoms with Crippen molar-refractivity contribution in [1.29, 1.82) is 0 Å². The molecule has 158 valence electrons. The monoisotopic (exact) mass is 426 g/mol. The topological polar surface area (TPSA) is 117 Å². The predicted octanol–water partition coefficient (Wildman–Crippen LogP) is 3.53. The van der Waals surface area contributed by atoms with Gasteiger partial charge in [-0.05, 0) is 31.2 Å². The molecule has 0 aromatic heterocycles. The fourth-order valence-corrected chi connectivity index (χ4v) is 2.53. The molecular weight excluding hydrogens is 413 g/mol. The molecular formula is C18H13F3N2O7. The SMILES string of the molecule is CC(OC(=O)c1ccc2c(c1)OCO2)C(=O)Nc1ccc([N+](=O)[O-])cc1C(F)(F)F. The number of nitro groups is 1. The molecule has 12 heteroatoms. The van der Waals surface area contributed by atoms with Crippen LogP contribution in [0.2, 0.25) is 0 Å². The quantitative estimate of drug-likeness (QED) is 0.442. The maximum absolute atomic E-state index is 13.2. The molecule has 1 amide bonds. The summed E-state index contributed by atoms with van der Waals surface area (Å²) in [4.78, 5) is 34.2. The number of non-ortho nitro benzene ring substituents is 1. The zero-order valence-corrected chi connectivity index (χ0v) is 15.2. The second kappa shape index (κ2) is 7.89. The number of amides is 1. The van der Waals surface area contributed by atoms with E-state index in [-0.39, 0.29) is 12.4 Å². The molecule has 0 saturated carbocycles. The Morgan fingerprint density at radius 1 is 1.17 bits per heavy atom. The molecule has 9 nitrogen and oxygen atoms in total. The molecule has 1 unspecified atom stereocenters. The number of carbonyl (C=O) groups excluding carboxylic acids is 2. The van der Waals surface area contributed by atoms with Crippen LogP contribution in [0.15, 0.2) is 36.4 Å². The van der Waals surface area contributed by atoms with Gasteiger partial charge in [0.25, 0.3) is 11.6 Å². The van der Waals surface area contributed by atoms with E-state index < -0.39 is 46.0 Å². The zero-order chi connectivity index (χ0) is 22.1. The molecule has 1 N–H and O–H groups in total. The summed E-state index contributed by atoms with van der Waals surface area (Å²) in [6, 6.07) is 6.06. The second-order valence-electron chi connectivity index (χ2n) is 6.09. The van der Waals surface area contributed by atoms with Crippen LogP contribution < -0.4 is 14.8 Å². The summed E-state index contributed by atoms with van der Waals surface area (Å²) in [5.74, 6) is -1.23. The number of hydrogen-bond donors (Lipinski definition) is 1. The molecule has 1 aliphatic heterocycles. The number of nitrogens with zero attached hydrogens (tertiary/aromatic N) is 1. The van der Waals surface area contributed by atoms with Crippen LogP contribution in [-0.4, -0.2) is 29.7 Å². The van der Waals surface area contributed by atoms with Crippen LogP contribution in [0.1, 0.15) is 22.8 Å². The van der Waals surface area contributed by atoms with Crippen molar-refractivity contribution in [3.05, 3.63) is 57.6 Å². The van der Waals surface area contributed by atoms with Crippen LogP contribution in [0.25, 0.3) is 0 Å². The average molecular weight is 426 g/mol. The van der Waals surface area contributed by atoms with Gasteiger partial charge >= 0.3 is 12.1 Å². The van der Waals surface area contributed by atoms with E-state index in [4.69, 9.17) is 14.2 Å². The van der Waals surface area contributed by atoms with Crippen molar-refractivity contribution in [2.45, 2.75) is 19.2 Å². The maximum Gasteiger partial charge on any atom is 0.418 e. The molecule has 0 radical (unpaired) electrons. The van der Waals surface area contributed by atoms with Crippen molar-refractivity contribution in [3.63, 3.8) is 0 Å². The molecule has 0 spiro atoms. The van der Waals surface area contributed by atoms with Crippen LogP contribution in [0.5, 0.6) is 11.5 Å². The number of nitrogens with one attached hydrogen (secondary N) is 1. The van der Waals surface area contributed by atoms with Crippen LogP contribution >= 0.6 is 0 Å². The number of rotatable bonds is 5. The highest BCUT2D eigenvalue weighted by Crippen LogP contribution is 2.37. The van der Waals surface area contributed by atoms with E-state index in [1.807, 2.05) is 5.32 Å². The number of hydrogen-bond acceptors (Lipinski definition) is 7. The Morgan fingerprint density at radius 2 is 1.87 bits per heavy atom. The molecule has 0 bridgehead atoms. The van der Waals surface area contributed by atoms with Gasteiger partial charge in [-0.1, -0.05) is 0 Å². The minimum absolute atomic E-state index is 0.0105. The van der Waals surface area contributed by atoms with Crippen LogP contribution in [0, 0.1) is 10.1 Å². The first-order chi connectivity index (χ1) is 14.1. The highest BCUT2D eigenvalue weighted by Gasteiger charge is 2.36. The number of esters is 1. The summed E-state index contributed by atoms with van der Waals surface area (Å²) in [6.45, 7) is 1.16. The van der Waals surface area contributed by atoms with E-state index in [0.29, 0.717) is 17.6 Å². The minimum atomic E-state index is -4.96. The second-order valence-corrected chi connectivity index (χ2v) is 6.09. The molecule has 2 aromatic rings. The summed E-state index contributed by atoms with van der Waals surface area (Å²) in [5.41, 5.74) is -2.85. The van der Waals surface area contributed by atoms with Gasteiger partial charge in [0.05, 0.1) is 21.7 Å². The van der Waals surface area contributed by atoms with E-state index in [2.05, 4.69) is 0 Å². The standard InChI is InChI=1S/C18H13F3N2O7/c1-9(30-17(25)10-2-5-14-15(6-10)29-8-28-14)16(24)22-13-4-3-11(23(26)27)7-12(13)18(19,20)21/h2-7,9H,8H2,1H3,(H,22,24). The molecule has 1 aliphatic rings. The number of anilines is 1. The third-order valence-corrected chi connectivity index (χ3v) is 4.04. The van der Waals surface area contributed by atoms with Crippen molar-refractivity contribution >= 4 is 23.3 Å². The molecule has 30 heavy (non-hydrogen) atoms. The van der Waals surface area contributed by atoms with Gasteiger partial charge in [0.2, 0.25) is 6.79 Å². The third kappa shape index (κ3) is 4.42. The fraction of sp³-hybridized carbons (Fsp3) is 0.222. The van der Waals surface area contributed by atoms with Crippen LogP contribution in [0.4, 0.5) is 24.5 Å². The highest BCUT2D eigenvalue weighted by molar-refractivity contribution is 5.98. The lowest BCUT2D eigenvalue weighted by atomic mass is 10.1. The first kappa shape index (κ1) is 20.9. The molecule has 0 saturated heterocycles. The molecule has 0 fully saturated rings. The van der Waals surface area contributed by atoms with Gasteiger partial charge < -0.3 is 19.5 Å². The number of ether oxygens (including phenoxy) is 3. The Morgan fingerprint density at radius 3 is 2.53 bits per heavy atom. The Hall–Kier alpha value is -3.83. The lowest BCUT2D eigenvalue weighted by Gasteiger charge is -2.17. The van der Waals surface area contributed by atoms with Gasteiger partial charge in [-0.25, -0.2) is 4.79 Å². The predicted molar refractivity (Wildman–Crippen MR) is 94.2 cm³/mol. The Kier molecular flexibility index (Phi) is 5.49. The van der Waals surface area contributed by atoms with Crippen molar-refractivity contribution in [2.24, 2.45) is 0 Å². The minimum Gasteiger partial charge on any atom is -0.454 e. The Labute approximate surface area is 166 Å². The van der Waals surface area contributed by atoms with Gasteiger partial charge in [-0.2, -0.15) is 13.2 Å². The highest BCUT2D eigenvalue weighted by atomic mass is 19.4. The molecule has 1 heterocycles. The first-order valence-corrected chi connectivity index (χ1v) is 8.33. The Bertz CT molecular complexity index is 1020.